The number of morpholine rings is 1. The first-order chi connectivity index (χ1) is 14.0. The van der Waals surface area contributed by atoms with Crippen molar-refractivity contribution in [1.29, 1.82) is 0 Å². The lowest BCUT2D eigenvalue weighted by atomic mass is 10.1. The lowest BCUT2D eigenvalue weighted by Gasteiger charge is -2.27. The summed E-state index contributed by atoms with van der Waals surface area (Å²) in [5.74, 6) is 6.13. The van der Waals surface area contributed by atoms with Gasteiger partial charge in [0.25, 0.3) is 5.91 Å². The van der Waals surface area contributed by atoms with Crippen molar-refractivity contribution in [1.82, 2.24) is 15.1 Å². The number of aromatic nitrogens is 2. The van der Waals surface area contributed by atoms with Gasteiger partial charge in [-0.25, -0.2) is 5.84 Å². The molecule has 1 aliphatic rings. The summed E-state index contributed by atoms with van der Waals surface area (Å²) in [4.78, 5) is 14.3. The SMILES string of the molecule is N/C(=C\N(N)c1ccc(C(=O)N2CCOCC2)cc1)c1n[nH]c2ccc(Cl)cc12. The van der Waals surface area contributed by atoms with Crippen LogP contribution >= 0.6 is 11.6 Å². The van der Waals surface area contributed by atoms with Crippen molar-refractivity contribution in [3.63, 3.8) is 0 Å². The average Bonchev–Trinajstić information content (AvgIpc) is 3.17. The maximum atomic E-state index is 12.5. The molecule has 2 aromatic carbocycles. The molecule has 5 N–H and O–H groups in total. The van der Waals surface area contributed by atoms with Gasteiger partial charge in [0.15, 0.2) is 0 Å². The van der Waals surface area contributed by atoms with Crippen LogP contribution in [0.3, 0.4) is 0 Å². The molecular formula is C20H21ClN6O2. The summed E-state index contributed by atoms with van der Waals surface area (Å²) in [6.07, 6.45) is 1.58. The van der Waals surface area contributed by atoms with Crippen LogP contribution in [0.15, 0.2) is 48.7 Å². The third-order valence-electron chi connectivity index (χ3n) is 4.79. The van der Waals surface area contributed by atoms with Crippen molar-refractivity contribution >= 4 is 39.8 Å². The molecule has 1 aromatic heterocycles. The highest BCUT2D eigenvalue weighted by Crippen LogP contribution is 2.24. The first-order valence-corrected chi connectivity index (χ1v) is 9.53. The molecule has 8 nitrogen and oxygen atoms in total. The molecule has 9 heteroatoms. The monoisotopic (exact) mass is 412 g/mol. The normalized spacial score (nSPS) is 15.0. The van der Waals surface area contributed by atoms with E-state index in [0.717, 1.165) is 10.9 Å². The van der Waals surface area contributed by atoms with Crippen LogP contribution in [-0.4, -0.2) is 47.3 Å². The molecule has 2 heterocycles. The molecule has 0 atom stereocenters. The molecule has 0 spiro atoms. The van der Waals surface area contributed by atoms with Crippen LogP contribution in [0.1, 0.15) is 16.1 Å². The summed E-state index contributed by atoms with van der Waals surface area (Å²) in [6.45, 7) is 2.34. The van der Waals surface area contributed by atoms with Crippen molar-refractivity contribution < 1.29 is 9.53 Å². The number of nitrogens with zero attached hydrogens (tertiary/aromatic N) is 3. The molecule has 29 heavy (non-hydrogen) atoms. The molecule has 0 saturated carbocycles. The first-order valence-electron chi connectivity index (χ1n) is 9.15. The van der Waals surface area contributed by atoms with Crippen molar-refractivity contribution in [2.45, 2.75) is 0 Å². The van der Waals surface area contributed by atoms with Gasteiger partial charge in [-0.15, -0.1) is 0 Å². The van der Waals surface area contributed by atoms with E-state index < -0.39 is 0 Å². The molecular weight excluding hydrogens is 392 g/mol. The zero-order valence-corrected chi connectivity index (χ0v) is 16.4. The van der Waals surface area contributed by atoms with Crippen LogP contribution in [0.4, 0.5) is 5.69 Å². The third-order valence-corrected chi connectivity index (χ3v) is 5.02. The van der Waals surface area contributed by atoms with E-state index in [1.54, 1.807) is 47.5 Å². The van der Waals surface area contributed by atoms with Gasteiger partial charge in [-0.1, -0.05) is 11.6 Å². The van der Waals surface area contributed by atoms with Gasteiger partial charge in [-0.05, 0) is 42.5 Å². The Labute approximate surface area is 172 Å². The number of nitrogens with one attached hydrogen (secondary N) is 1. The minimum atomic E-state index is -0.0154. The Balaban J connectivity index is 1.52. The minimum Gasteiger partial charge on any atom is -0.396 e. The van der Waals surface area contributed by atoms with Gasteiger partial charge in [0.1, 0.15) is 5.69 Å². The fraction of sp³-hybridized carbons (Fsp3) is 0.200. The summed E-state index contributed by atoms with van der Waals surface area (Å²) in [7, 11) is 0. The summed E-state index contributed by atoms with van der Waals surface area (Å²) in [6, 6.07) is 12.5. The molecule has 0 aliphatic carbocycles. The van der Waals surface area contributed by atoms with Crippen LogP contribution in [0, 0.1) is 0 Å². The standard InChI is InChI=1S/C20H21ClN6O2/c21-14-3-6-18-16(11-14)19(25-24-18)17(22)12-27(23)15-4-1-13(2-5-15)20(28)26-7-9-29-10-8-26/h1-6,11-12H,7-10,22-23H2,(H,24,25)/b17-12-. The van der Waals surface area contributed by atoms with E-state index in [0.29, 0.717) is 54.0 Å². The second kappa shape index (κ2) is 8.12. The van der Waals surface area contributed by atoms with Crippen molar-refractivity contribution in [2.24, 2.45) is 11.6 Å². The molecule has 1 fully saturated rings. The van der Waals surface area contributed by atoms with Gasteiger partial charge in [-0.2, -0.15) is 5.10 Å². The van der Waals surface area contributed by atoms with E-state index >= 15 is 0 Å². The Hall–Kier alpha value is -3.07. The number of anilines is 1. The predicted octanol–water partition coefficient (Wildman–Crippen LogP) is 2.33. The highest BCUT2D eigenvalue weighted by molar-refractivity contribution is 6.31. The maximum Gasteiger partial charge on any atom is 0.254 e. The smallest absolute Gasteiger partial charge is 0.254 e. The molecule has 0 unspecified atom stereocenters. The number of hydrogen-bond acceptors (Lipinski definition) is 6. The van der Waals surface area contributed by atoms with Gasteiger partial charge in [-0.3, -0.25) is 14.9 Å². The topological polar surface area (TPSA) is 114 Å². The number of benzene rings is 2. The molecule has 1 aliphatic heterocycles. The van der Waals surface area contributed by atoms with Gasteiger partial charge in [0, 0.05) is 35.3 Å². The lowest BCUT2D eigenvalue weighted by molar-refractivity contribution is 0.0303. The number of aromatic amines is 1. The number of rotatable bonds is 4. The van der Waals surface area contributed by atoms with Gasteiger partial charge >= 0.3 is 0 Å². The number of hydrogen-bond donors (Lipinski definition) is 3. The second-order valence-corrected chi connectivity index (χ2v) is 7.14. The first kappa shape index (κ1) is 19.3. The lowest BCUT2D eigenvalue weighted by Crippen LogP contribution is -2.40. The Bertz CT molecular complexity index is 1060. The van der Waals surface area contributed by atoms with Crippen LogP contribution in [0.25, 0.3) is 16.6 Å². The minimum absolute atomic E-state index is 0.0154. The Morgan fingerprint density at radius 1 is 1.21 bits per heavy atom. The molecule has 4 rings (SSSR count). The van der Waals surface area contributed by atoms with E-state index in [-0.39, 0.29) is 5.91 Å². The molecule has 0 bridgehead atoms. The van der Waals surface area contributed by atoms with Crippen LogP contribution in [-0.2, 0) is 4.74 Å². The average molecular weight is 413 g/mol. The van der Waals surface area contributed by atoms with Gasteiger partial charge in [0.05, 0.1) is 30.1 Å². The maximum absolute atomic E-state index is 12.5. The van der Waals surface area contributed by atoms with Crippen LogP contribution in [0.5, 0.6) is 0 Å². The number of ether oxygens (including phenoxy) is 1. The van der Waals surface area contributed by atoms with Gasteiger partial charge < -0.3 is 15.4 Å². The quantitative estimate of drug-likeness (QED) is 0.447. The Morgan fingerprint density at radius 2 is 1.93 bits per heavy atom. The van der Waals surface area contributed by atoms with Crippen LogP contribution in [0.2, 0.25) is 5.02 Å². The van der Waals surface area contributed by atoms with Crippen LogP contribution < -0.4 is 16.6 Å². The molecule has 1 amide bonds. The number of H-pyrrole nitrogens is 1. The molecule has 0 radical (unpaired) electrons. The van der Waals surface area contributed by atoms with Gasteiger partial charge in [0.2, 0.25) is 0 Å². The number of carbonyl (C=O) groups is 1. The van der Waals surface area contributed by atoms with Crippen molar-refractivity contribution in [2.75, 3.05) is 31.3 Å². The predicted molar refractivity (Wildman–Crippen MR) is 113 cm³/mol. The number of hydrazine groups is 1. The number of amides is 1. The number of halogens is 1. The zero-order chi connectivity index (χ0) is 20.4. The van der Waals surface area contributed by atoms with Crippen molar-refractivity contribution in [3.05, 3.63) is 64.9 Å². The Morgan fingerprint density at radius 3 is 2.66 bits per heavy atom. The van der Waals surface area contributed by atoms with E-state index in [2.05, 4.69) is 10.2 Å². The number of carbonyl (C=O) groups excluding carboxylic acids is 1. The highest BCUT2D eigenvalue weighted by Gasteiger charge is 2.18. The fourth-order valence-corrected chi connectivity index (χ4v) is 3.39. The summed E-state index contributed by atoms with van der Waals surface area (Å²) < 4.78 is 5.29. The molecule has 150 valence electrons. The number of fused-ring (bicyclic) bond motifs is 1. The van der Waals surface area contributed by atoms with E-state index in [9.17, 15) is 4.79 Å². The molecule has 3 aromatic rings. The largest absolute Gasteiger partial charge is 0.396 e. The highest BCUT2D eigenvalue weighted by atomic mass is 35.5. The second-order valence-electron chi connectivity index (χ2n) is 6.71. The summed E-state index contributed by atoms with van der Waals surface area (Å²) >= 11 is 6.08. The summed E-state index contributed by atoms with van der Waals surface area (Å²) in [5, 5.41) is 9.97. The molecule has 1 saturated heterocycles. The Kier molecular flexibility index (Phi) is 5.39. The van der Waals surface area contributed by atoms with E-state index in [1.165, 1.54) is 5.01 Å². The van der Waals surface area contributed by atoms with E-state index in [4.69, 9.17) is 27.9 Å². The zero-order valence-electron chi connectivity index (χ0n) is 15.6. The fourth-order valence-electron chi connectivity index (χ4n) is 3.22. The summed E-state index contributed by atoms with van der Waals surface area (Å²) in [5.41, 5.74) is 9.28. The van der Waals surface area contributed by atoms with E-state index in [1.807, 2.05) is 6.07 Å². The third kappa shape index (κ3) is 4.04. The number of nitrogens with two attached hydrogens (primary N) is 2. The van der Waals surface area contributed by atoms with Crippen molar-refractivity contribution in [3.8, 4) is 0 Å².